The number of ether oxygens (including phenoxy) is 2. The van der Waals surface area contributed by atoms with Crippen LogP contribution in [0.2, 0.25) is 0 Å². The minimum absolute atomic E-state index is 0.0550. The van der Waals surface area contributed by atoms with Crippen LogP contribution < -0.4 is 9.47 Å². The molecule has 1 N–H and O–H groups in total. The molecule has 6 nitrogen and oxygen atoms in total. The summed E-state index contributed by atoms with van der Waals surface area (Å²) in [5.74, 6) is -1.22. The molecule has 1 aromatic heterocycles. The van der Waals surface area contributed by atoms with Crippen LogP contribution in [-0.4, -0.2) is 28.1 Å². The highest BCUT2D eigenvalue weighted by Crippen LogP contribution is 2.52. The van der Waals surface area contributed by atoms with Crippen LogP contribution >= 0.6 is 0 Å². The summed E-state index contributed by atoms with van der Waals surface area (Å²) in [7, 11) is 0. The van der Waals surface area contributed by atoms with Gasteiger partial charge >= 0.3 is 12.3 Å². The molecule has 8 heteroatoms. The molecule has 5 rings (SSSR count). The Morgan fingerprint density at radius 3 is 2.52 bits per heavy atom. The van der Waals surface area contributed by atoms with Gasteiger partial charge in [0.1, 0.15) is 5.78 Å². The maximum atomic E-state index is 13.4. The van der Waals surface area contributed by atoms with Crippen LogP contribution in [0.15, 0.2) is 54.6 Å². The second-order valence-electron chi connectivity index (χ2n) is 8.42. The Bertz CT molecular complexity index is 1300. The highest BCUT2D eigenvalue weighted by atomic mass is 19.3. The van der Waals surface area contributed by atoms with Gasteiger partial charge in [-0.3, -0.25) is 9.78 Å². The highest BCUT2D eigenvalue weighted by Gasteiger charge is 2.52. The second kappa shape index (κ2) is 7.37. The molecule has 1 saturated carbocycles. The third-order valence-electron chi connectivity index (χ3n) is 6.01. The number of rotatable bonds is 6. The van der Waals surface area contributed by atoms with E-state index in [1.807, 2.05) is 19.1 Å². The van der Waals surface area contributed by atoms with E-state index in [9.17, 15) is 23.5 Å². The van der Waals surface area contributed by atoms with Gasteiger partial charge in [0, 0.05) is 17.7 Å². The smallest absolute Gasteiger partial charge is 0.478 e. The van der Waals surface area contributed by atoms with Crippen molar-refractivity contribution >= 4 is 11.8 Å². The predicted molar refractivity (Wildman–Crippen MR) is 114 cm³/mol. The minimum Gasteiger partial charge on any atom is -0.478 e. The molecule has 0 spiro atoms. The molecule has 2 aliphatic rings. The van der Waals surface area contributed by atoms with Crippen molar-refractivity contribution in [1.82, 2.24) is 4.98 Å². The number of aromatic carboxylic acids is 1. The monoisotopic (exact) mass is 451 g/mol. The van der Waals surface area contributed by atoms with Gasteiger partial charge in [-0.25, -0.2) is 4.79 Å². The second-order valence-corrected chi connectivity index (χ2v) is 8.42. The lowest BCUT2D eigenvalue weighted by Crippen LogP contribution is -2.26. The molecule has 0 unspecified atom stereocenters. The van der Waals surface area contributed by atoms with Crippen molar-refractivity contribution in [2.45, 2.75) is 37.9 Å². The molecule has 0 atom stereocenters. The quantitative estimate of drug-likeness (QED) is 0.573. The van der Waals surface area contributed by atoms with Gasteiger partial charge in [-0.05, 0) is 67.3 Å². The summed E-state index contributed by atoms with van der Waals surface area (Å²) >= 11 is 0. The number of aryl methyl sites for hydroxylation is 1. The summed E-state index contributed by atoms with van der Waals surface area (Å²) in [5.41, 5.74) is 2.69. The van der Waals surface area contributed by atoms with Gasteiger partial charge in [0.15, 0.2) is 11.5 Å². The zero-order chi connectivity index (χ0) is 23.4. The molecule has 168 valence electrons. The summed E-state index contributed by atoms with van der Waals surface area (Å²) in [6, 6.07) is 14.6. The van der Waals surface area contributed by atoms with E-state index in [4.69, 9.17) is 0 Å². The van der Waals surface area contributed by atoms with E-state index in [-0.39, 0.29) is 29.3 Å². The molecule has 0 radical (unpaired) electrons. The first-order valence-corrected chi connectivity index (χ1v) is 10.4. The number of halogens is 2. The van der Waals surface area contributed by atoms with Crippen LogP contribution in [0, 0.1) is 6.92 Å². The largest absolute Gasteiger partial charge is 0.586 e. The van der Waals surface area contributed by atoms with Crippen molar-refractivity contribution in [2.24, 2.45) is 0 Å². The number of carboxylic acids is 1. The first-order chi connectivity index (χ1) is 15.6. The maximum Gasteiger partial charge on any atom is 0.586 e. The van der Waals surface area contributed by atoms with E-state index in [1.54, 1.807) is 24.3 Å². The number of carbonyl (C=O) groups is 2. The van der Waals surface area contributed by atoms with E-state index < -0.39 is 17.7 Å². The molecule has 0 amide bonds. The van der Waals surface area contributed by atoms with Crippen molar-refractivity contribution in [3.8, 4) is 22.8 Å². The molecule has 3 aromatic rings. The number of benzene rings is 2. The van der Waals surface area contributed by atoms with E-state index in [0.29, 0.717) is 35.4 Å². The van der Waals surface area contributed by atoms with Gasteiger partial charge in [-0.15, -0.1) is 8.78 Å². The van der Waals surface area contributed by atoms with E-state index in [1.165, 1.54) is 18.2 Å². The van der Waals surface area contributed by atoms with Crippen molar-refractivity contribution in [1.29, 1.82) is 0 Å². The fourth-order valence-corrected chi connectivity index (χ4v) is 4.22. The molecule has 1 aliphatic carbocycles. The number of ketones is 1. The molecule has 2 heterocycles. The van der Waals surface area contributed by atoms with Crippen molar-refractivity contribution in [3.05, 3.63) is 77.0 Å². The van der Waals surface area contributed by atoms with Gasteiger partial charge in [-0.2, -0.15) is 0 Å². The van der Waals surface area contributed by atoms with Crippen molar-refractivity contribution in [2.75, 3.05) is 0 Å². The van der Waals surface area contributed by atoms with Crippen molar-refractivity contribution < 1.29 is 33.0 Å². The summed E-state index contributed by atoms with van der Waals surface area (Å²) in [5, 5.41) is 9.25. The number of carbonyl (C=O) groups excluding carboxylic acids is 1. The summed E-state index contributed by atoms with van der Waals surface area (Å²) < 4.78 is 35.7. The number of Topliss-reactive ketones (excluding diaryl/α,β-unsaturated/α-hetero) is 1. The number of carboxylic acid groups (broad SMARTS) is 1. The first kappa shape index (κ1) is 21.1. The molecular formula is C25H19F2NO5. The number of pyridine rings is 1. The van der Waals surface area contributed by atoms with E-state index in [0.717, 1.165) is 5.56 Å². The average molecular weight is 451 g/mol. The molecule has 33 heavy (non-hydrogen) atoms. The topological polar surface area (TPSA) is 85.7 Å². The van der Waals surface area contributed by atoms with E-state index >= 15 is 0 Å². The molecule has 2 aromatic carbocycles. The van der Waals surface area contributed by atoms with Crippen LogP contribution in [0.4, 0.5) is 8.78 Å². The molecule has 1 aliphatic heterocycles. The fraction of sp³-hybridized carbons (Fsp3) is 0.240. The zero-order valence-corrected chi connectivity index (χ0v) is 17.6. The molecule has 1 fully saturated rings. The number of fused-ring (bicyclic) bond motifs is 1. The summed E-state index contributed by atoms with van der Waals surface area (Å²) in [4.78, 5) is 29.2. The van der Waals surface area contributed by atoms with Gasteiger partial charge in [0.25, 0.3) is 0 Å². The van der Waals surface area contributed by atoms with Crippen molar-refractivity contribution in [3.63, 3.8) is 0 Å². The number of hydrogen-bond acceptors (Lipinski definition) is 5. The Morgan fingerprint density at radius 2 is 1.79 bits per heavy atom. The Labute approximate surface area is 187 Å². The lowest BCUT2D eigenvalue weighted by molar-refractivity contribution is -0.286. The maximum absolute atomic E-state index is 13.4. The Morgan fingerprint density at radius 1 is 1.03 bits per heavy atom. The standard InChI is InChI=1S/C25H19F2NO5/c1-14-9-18(28-19(10-14)15-3-2-4-16(11-15)23(30)31)13-22(29)24(7-8-24)17-5-6-20-21(12-17)33-25(26,27)32-20/h2-6,9-12H,7-8,13H2,1H3,(H,30,31). The Balaban J connectivity index is 1.41. The van der Waals surface area contributed by atoms with Gasteiger partial charge in [0.2, 0.25) is 0 Å². The third-order valence-corrected chi connectivity index (χ3v) is 6.01. The summed E-state index contributed by atoms with van der Waals surface area (Å²) in [6.07, 6.45) is -2.41. The third kappa shape index (κ3) is 3.92. The molecule has 0 bridgehead atoms. The van der Waals surface area contributed by atoms with Crippen LogP contribution in [0.25, 0.3) is 11.3 Å². The molecule has 0 saturated heterocycles. The zero-order valence-electron chi connectivity index (χ0n) is 17.6. The SMILES string of the molecule is Cc1cc(CC(=O)C2(c3ccc4c(c3)OC(F)(F)O4)CC2)nc(-c2cccc(C(=O)O)c2)c1. The highest BCUT2D eigenvalue weighted by molar-refractivity contribution is 5.94. The number of nitrogens with zero attached hydrogens (tertiary/aromatic N) is 1. The van der Waals surface area contributed by atoms with Crippen LogP contribution in [0.5, 0.6) is 11.5 Å². The Kier molecular flexibility index (Phi) is 4.70. The normalized spacial score (nSPS) is 16.9. The average Bonchev–Trinajstić information content (AvgIpc) is 3.50. The van der Waals surface area contributed by atoms with Gasteiger partial charge in [-0.1, -0.05) is 18.2 Å². The van der Waals surface area contributed by atoms with Gasteiger partial charge in [0.05, 0.1) is 16.7 Å². The van der Waals surface area contributed by atoms with E-state index in [2.05, 4.69) is 14.5 Å². The molecular weight excluding hydrogens is 432 g/mol. The van der Waals surface area contributed by atoms with Gasteiger partial charge < -0.3 is 14.6 Å². The summed E-state index contributed by atoms with van der Waals surface area (Å²) in [6.45, 7) is 1.88. The number of aromatic nitrogens is 1. The fourth-order valence-electron chi connectivity index (χ4n) is 4.22. The van der Waals surface area contributed by atoms with Crippen LogP contribution in [0.1, 0.15) is 40.0 Å². The lowest BCUT2D eigenvalue weighted by Gasteiger charge is -2.15. The Hall–Kier alpha value is -3.81. The minimum atomic E-state index is -3.71. The first-order valence-electron chi connectivity index (χ1n) is 10.4. The predicted octanol–water partition coefficient (Wildman–Crippen LogP) is 4.92. The number of hydrogen-bond donors (Lipinski definition) is 1. The van der Waals surface area contributed by atoms with Crippen LogP contribution in [0.3, 0.4) is 0 Å². The number of alkyl halides is 2. The lowest BCUT2D eigenvalue weighted by atomic mass is 9.88. The van der Waals surface area contributed by atoms with Crippen LogP contribution in [-0.2, 0) is 16.6 Å².